The molecular weight excluding hydrogens is 377 g/mol. The van der Waals surface area contributed by atoms with Crippen LogP contribution in [0.2, 0.25) is 0 Å². The molecule has 2 aliphatic rings. The van der Waals surface area contributed by atoms with E-state index in [0.717, 1.165) is 16.0 Å². The lowest BCUT2D eigenvalue weighted by Crippen LogP contribution is -2.54. The summed E-state index contributed by atoms with van der Waals surface area (Å²) < 4.78 is 5.36. The third-order valence-electron chi connectivity index (χ3n) is 5.00. The van der Waals surface area contributed by atoms with Crippen LogP contribution in [-0.2, 0) is 9.59 Å². The van der Waals surface area contributed by atoms with Gasteiger partial charge in [0.2, 0.25) is 0 Å². The van der Waals surface area contributed by atoms with Gasteiger partial charge in [0.25, 0.3) is 11.8 Å². The second kappa shape index (κ2) is 6.72. The quantitative estimate of drug-likeness (QED) is 0.614. The Morgan fingerprint density at radius 2 is 1.96 bits per heavy atom. The van der Waals surface area contributed by atoms with E-state index in [1.807, 2.05) is 6.08 Å². The Hall–Kier alpha value is -1.82. The number of allylic oxidation sites excluding steroid dienone is 3. The summed E-state index contributed by atoms with van der Waals surface area (Å²) in [7, 11) is 1.40. The van der Waals surface area contributed by atoms with Crippen LogP contribution in [0.15, 0.2) is 48.6 Å². The molecule has 7 heteroatoms. The predicted octanol–water partition coefficient (Wildman–Crippen LogP) is 2.61. The van der Waals surface area contributed by atoms with Gasteiger partial charge in [-0.1, -0.05) is 30.9 Å². The Bertz CT molecular complexity index is 791. The van der Waals surface area contributed by atoms with Gasteiger partial charge in [0.05, 0.1) is 6.61 Å². The second-order valence-electron chi connectivity index (χ2n) is 6.37. The Labute approximate surface area is 161 Å². The van der Waals surface area contributed by atoms with Gasteiger partial charge in [-0.2, -0.15) is 0 Å². The fraction of sp³-hybridized carbons (Fsp3) is 0.368. The van der Waals surface area contributed by atoms with Crippen molar-refractivity contribution in [2.75, 3.05) is 20.3 Å². The van der Waals surface area contributed by atoms with Crippen LogP contribution in [-0.4, -0.2) is 51.8 Å². The number of nitrogens with zero attached hydrogens (tertiary/aromatic N) is 1. The molecule has 2 amide bonds. The molecule has 1 heterocycles. The number of likely N-dealkylation sites (tertiary alicyclic amines) is 1. The van der Waals surface area contributed by atoms with Crippen LogP contribution in [0.3, 0.4) is 0 Å². The van der Waals surface area contributed by atoms with Crippen LogP contribution in [0.25, 0.3) is 0 Å². The number of alkyl halides is 2. The fourth-order valence-electron chi connectivity index (χ4n) is 3.66. The van der Waals surface area contributed by atoms with E-state index in [4.69, 9.17) is 33.0 Å². The van der Waals surface area contributed by atoms with Gasteiger partial charge in [0.15, 0.2) is 9.75 Å². The van der Waals surface area contributed by atoms with E-state index in [1.54, 1.807) is 30.3 Å². The lowest BCUT2D eigenvalue weighted by Gasteiger charge is -2.42. The number of ether oxygens (including phenoxy) is 1. The number of carbonyl (C=O) groups is 2. The van der Waals surface area contributed by atoms with E-state index in [1.165, 1.54) is 7.05 Å². The summed E-state index contributed by atoms with van der Waals surface area (Å²) in [4.78, 5) is 23.4. The Morgan fingerprint density at radius 1 is 1.31 bits per heavy atom. The van der Waals surface area contributed by atoms with Crippen LogP contribution in [0.1, 0.15) is 17.9 Å². The lowest BCUT2D eigenvalue weighted by molar-refractivity contribution is -0.137. The van der Waals surface area contributed by atoms with Crippen LogP contribution in [0, 0.1) is 0 Å². The van der Waals surface area contributed by atoms with Crippen molar-refractivity contribution in [1.82, 2.24) is 4.90 Å². The van der Waals surface area contributed by atoms with E-state index in [0.29, 0.717) is 5.75 Å². The smallest absolute Gasteiger partial charge is 0.253 e. The highest BCUT2D eigenvalue weighted by Crippen LogP contribution is 2.58. The number of aliphatic hydroxyl groups excluding tert-OH is 1. The molecule has 0 radical (unpaired) electrons. The monoisotopic (exact) mass is 395 g/mol. The highest BCUT2D eigenvalue weighted by Gasteiger charge is 2.71. The van der Waals surface area contributed by atoms with E-state index < -0.39 is 27.5 Å². The van der Waals surface area contributed by atoms with Gasteiger partial charge < -0.3 is 9.84 Å². The maximum absolute atomic E-state index is 12.9. The predicted molar refractivity (Wildman–Crippen MR) is 99.6 cm³/mol. The van der Waals surface area contributed by atoms with Gasteiger partial charge in [-0.05, 0) is 29.7 Å². The second-order valence-corrected chi connectivity index (χ2v) is 7.61. The zero-order valence-corrected chi connectivity index (χ0v) is 15.8. The molecule has 1 aliphatic heterocycles. The van der Waals surface area contributed by atoms with E-state index >= 15 is 0 Å². The molecule has 1 N–H and O–H groups in total. The standard InChI is InChI=1S/C19H19Cl2NO4/c1-3-12-8-9-18(20)16(24)22(2)17(25)19(18,21)15(12)13-4-6-14(7-5-13)26-11-10-23/h3-8,15,23H,1,9-11H2,2H3/t15-,18-,19+/m1/s1. The summed E-state index contributed by atoms with van der Waals surface area (Å²) in [5.41, 5.74) is 1.47. The SMILES string of the molecule is C=CC1=CC[C@@]2(Cl)C(=O)N(C)C(=O)[C@@]2(Cl)[C@H]1c1ccc(OCCO)cc1. The Morgan fingerprint density at radius 3 is 2.54 bits per heavy atom. The van der Waals surface area contributed by atoms with Crippen molar-refractivity contribution in [1.29, 1.82) is 0 Å². The molecule has 3 atom stereocenters. The van der Waals surface area contributed by atoms with Crippen LogP contribution >= 0.6 is 23.2 Å². The molecule has 26 heavy (non-hydrogen) atoms. The first kappa shape index (κ1) is 19.0. The van der Waals surface area contributed by atoms with Gasteiger partial charge in [0, 0.05) is 13.0 Å². The van der Waals surface area contributed by atoms with Gasteiger partial charge in [-0.15, -0.1) is 23.2 Å². The molecule has 1 saturated heterocycles. The first-order chi connectivity index (χ1) is 12.3. The Kier molecular flexibility index (Phi) is 4.90. The lowest BCUT2D eigenvalue weighted by atomic mass is 9.68. The number of amides is 2. The number of aliphatic hydroxyl groups is 1. The molecule has 0 bridgehead atoms. The minimum atomic E-state index is -1.63. The summed E-state index contributed by atoms with van der Waals surface area (Å²) in [6.45, 7) is 3.91. The van der Waals surface area contributed by atoms with Crippen molar-refractivity contribution >= 4 is 35.0 Å². The minimum Gasteiger partial charge on any atom is -0.491 e. The fourth-order valence-corrected chi connectivity index (χ4v) is 4.60. The van der Waals surface area contributed by atoms with Gasteiger partial charge >= 0.3 is 0 Å². The number of hydrogen-bond acceptors (Lipinski definition) is 4. The molecule has 0 aromatic heterocycles. The van der Waals surface area contributed by atoms with Crippen molar-refractivity contribution in [2.45, 2.75) is 22.1 Å². The zero-order chi connectivity index (χ0) is 19.1. The first-order valence-electron chi connectivity index (χ1n) is 8.17. The number of hydrogen-bond donors (Lipinski definition) is 1. The number of carbonyl (C=O) groups excluding carboxylic acids is 2. The molecule has 0 saturated carbocycles. The summed E-state index contributed by atoms with van der Waals surface area (Å²) >= 11 is 13.5. The number of fused-ring (bicyclic) bond motifs is 1. The molecule has 5 nitrogen and oxygen atoms in total. The van der Waals surface area contributed by atoms with Crippen molar-refractivity contribution in [3.63, 3.8) is 0 Å². The first-order valence-corrected chi connectivity index (χ1v) is 8.93. The number of benzene rings is 1. The van der Waals surface area contributed by atoms with Crippen LogP contribution in [0.4, 0.5) is 0 Å². The maximum Gasteiger partial charge on any atom is 0.253 e. The van der Waals surface area contributed by atoms with Crippen molar-refractivity contribution in [3.8, 4) is 5.75 Å². The number of rotatable bonds is 5. The van der Waals surface area contributed by atoms with Crippen LogP contribution in [0.5, 0.6) is 5.75 Å². The van der Waals surface area contributed by atoms with E-state index in [9.17, 15) is 9.59 Å². The molecule has 1 aromatic rings. The third kappa shape index (κ3) is 2.49. The number of halogens is 2. The highest BCUT2D eigenvalue weighted by molar-refractivity contribution is 6.53. The number of imide groups is 1. The normalized spacial score (nSPS) is 30.8. The van der Waals surface area contributed by atoms with Crippen molar-refractivity contribution in [3.05, 3.63) is 54.1 Å². The van der Waals surface area contributed by atoms with Crippen molar-refractivity contribution in [2.24, 2.45) is 0 Å². The van der Waals surface area contributed by atoms with E-state index in [-0.39, 0.29) is 19.6 Å². The topological polar surface area (TPSA) is 66.8 Å². The van der Waals surface area contributed by atoms with E-state index in [2.05, 4.69) is 6.58 Å². The average molecular weight is 396 g/mol. The third-order valence-corrected chi connectivity index (χ3v) is 6.41. The maximum atomic E-state index is 12.9. The van der Waals surface area contributed by atoms with Crippen LogP contribution < -0.4 is 4.74 Å². The molecular formula is C19H19Cl2NO4. The largest absolute Gasteiger partial charge is 0.491 e. The molecule has 138 valence electrons. The van der Waals surface area contributed by atoms with Gasteiger partial charge in [-0.25, -0.2) is 0 Å². The molecule has 1 fully saturated rings. The zero-order valence-electron chi connectivity index (χ0n) is 14.2. The van der Waals surface area contributed by atoms with Gasteiger partial charge in [-0.3, -0.25) is 14.5 Å². The summed E-state index contributed by atoms with van der Waals surface area (Å²) in [5.74, 6) is -1.06. The van der Waals surface area contributed by atoms with Gasteiger partial charge in [0.1, 0.15) is 12.4 Å². The summed E-state index contributed by atoms with van der Waals surface area (Å²) in [5, 5.41) is 8.85. The summed E-state index contributed by atoms with van der Waals surface area (Å²) in [6, 6.07) is 7.00. The Balaban J connectivity index is 2.09. The minimum absolute atomic E-state index is 0.0871. The molecule has 0 unspecified atom stereocenters. The molecule has 3 rings (SSSR count). The highest BCUT2D eigenvalue weighted by atomic mass is 35.5. The van der Waals surface area contributed by atoms with Crippen molar-refractivity contribution < 1.29 is 19.4 Å². The average Bonchev–Trinajstić information content (AvgIpc) is 2.79. The summed E-state index contributed by atoms with van der Waals surface area (Å²) in [6.07, 6.45) is 3.60. The molecule has 1 aliphatic carbocycles. The molecule has 1 aromatic carbocycles. The molecule has 0 spiro atoms.